The van der Waals surface area contributed by atoms with Gasteiger partial charge in [0.05, 0.1) is 20.3 Å². The van der Waals surface area contributed by atoms with Crippen molar-refractivity contribution in [3.63, 3.8) is 0 Å². The Hall–Kier alpha value is -2.42. The Morgan fingerprint density at radius 2 is 1.85 bits per heavy atom. The van der Waals surface area contributed by atoms with Crippen molar-refractivity contribution in [2.45, 2.75) is 32.2 Å². The van der Waals surface area contributed by atoms with Crippen LogP contribution in [0.3, 0.4) is 0 Å². The molecule has 1 fully saturated rings. The van der Waals surface area contributed by atoms with E-state index in [9.17, 15) is 18.0 Å². The Balaban J connectivity index is 1.82. The highest BCUT2D eigenvalue weighted by atomic mass is 19.4. The average Bonchev–Trinajstić information content (AvgIpc) is 2.96. The van der Waals surface area contributed by atoms with E-state index >= 15 is 0 Å². The molecule has 1 amide bonds. The molecule has 27 heavy (non-hydrogen) atoms. The Labute approximate surface area is 153 Å². The number of aryl methyl sites for hydroxylation is 1. The summed E-state index contributed by atoms with van der Waals surface area (Å²) in [5.41, 5.74) is 1.04. The highest BCUT2D eigenvalue weighted by Gasteiger charge is 2.36. The number of ether oxygens (including phenoxy) is 3. The zero-order chi connectivity index (χ0) is 19.8. The van der Waals surface area contributed by atoms with Crippen LogP contribution in [0.5, 0.6) is 11.5 Å². The molecule has 0 bridgehead atoms. The number of fused-ring (bicyclic) bond motifs is 1. The van der Waals surface area contributed by atoms with Crippen LogP contribution in [0.1, 0.15) is 29.0 Å². The molecule has 2 heterocycles. The van der Waals surface area contributed by atoms with Gasteiger partial charge in [-0.1, -0.05) is 0 Å². The fourth-order valence-electron chi connectivity index (χ4n) is 3.31. The highest BCUT2D eigenvalue weighted by molar-refractivity contribution is 6.00. The van der Waals surface area contributed by atoms with Gasteiger partial charge in [-0.3, -0.25) is 9.53 Å². The molecule has 0 N–H and O–H groups in total. The molecule has 148 valence electrons. The van der Waals surface area contributed by atoms with Crippen molar-refractivity contribution in [2.24, 2.45) is 0 Å². The van der Waals surface area contributed by atoms with Gasteiger partial charge in [-0.2, -0.15) is 0 Å². The first kappa shape index (κ1) is 19.3. The number of amides is 1. The number of carbonyl (C=O) groups excluding carboxylic acids is 1. The zero-order valence-electron chi connectivity index (χ0n) is 15.2. The van der Waals surface area contributed by atoms with Crippen molar-refractivity contribution in [2.75, 3.05) is 27.3 Å². The molecule has 1 aromatic heterocycles. The lowest BCUT2D eigenvalue weighted by Crippen LogP contribution is -2.42. The molecule has 1 saturated heterocycles. The Morgan fingerprint density at radius 1 is 1.19 bits per heavy atom. The average molecular weight is 387 g/mol. The van der Waals surface area contributed by atoms with Crippen LogP contribution >= 0.6 is 0 Å². The summed E-state index contributed by atoms with van der Waals surface area (Å²) in [5, 5.41) is 0.714. The predicted molar refractivity (Wildman–Crippen MR) is 90.1 cm³/mol. The molecule has 6 nitrogen and oxygen atoms in total. The number of carbonyl (C=O) groups is 1. The number of hydrogen-bond donors (Lipinski definition) is 0. The van der Waals surface area contributed by atoms with E-state index in [-0.39, 0.29) is 37.6 Å². The van der Waals surface area contributed by atoms with Gasteiger partial charge in [-0.05, 0) is 31.9 Å². The van der Waals surface area contributed by atoms with Crippen LogP contribution in [0, 0.1) is 6.92 Å². The molecule has 0 saturated carbocycles. The number of alkyl halides is 3. The third-order valence-electron chi connectivity index (χ3n) is 4.67. The number of hydrogen-bond acceptors (Lipinski definition) is 5. The number of piperidine rings is 1. The number of benzene rings is 1. The summed E-state index contributed by atoms with van der Waals surface area (Å²) in [5.74, 6) is 0.638. The fourth-order valence-corrected chi connectivity index (χ4v) is 3.31. The first-order chi connectivity index (χ1) is 12.7. The first-order valence-electron chi connectivity index (χ1n) is 8.43. The van der Waals surface area contributed by atoms with Gasteiger partial charge >= 0.3 is 6.36 Å². The van der Waals surface area contributed by atoms with Crippen molar-refractivity contribution >= 4 is 16.9 Å². The summed E-state index contributed by atoms with van der Waals surface area (Å²) < 4.78 is 57.4. The standard InChI is InChI=1S/C18H20F3NO5/c1-10-12-4-5-13(24-2)16(25-3)15(12)26-14(10)17(23)22-8-6-11(7-9-22)27-18(19,20)21/h4-5,11H,6-9H2,1-3H3. The van der Waals surface area contributed by atoms with E-state index in [0.717, 1.165) is 0 Å². The highest BCUT2D eigenvalue weighted by Crippen LogP contribution is 2.39. The first-order valence-corrected chi connectivity index (χ1v) is 8.43. The van der Waals surface area contributed by atoms with Gasteiger partial charge in [0.1, 0.15) is 0 Å². The molecule has 1 aliphatic heterocycles. The van der Waals surface area contributed by atoms with E-state index in [1.54, 1.807) is 19.1 Å². The van der Waals surface area contributed by atoms with E-state index < -0.39 is 12.5 Å². The maximum Gasteiger partial charge on any atom is 0.522 e. The maximum absolute atomic E-state index is 12.8. The van der Waals surface area contributed by atoms with Crippen LogP contribution in [-0.2, 0) is 4.74 Å². The molecule has 0 spiro atoms. The summed E-state index contributed by atoms with van der Waals surface area (Å²) in [6.07, 6.45) is -5.37. The van der Waals surface area contributed by atoms with Crippen LogP contribution in [0.4, 0.5) is 13.2 Å². The van der Waals surface area contributed by atoms with Crippen LogP contribution in [-0.4, -0.2) is 50.6 Å². The van der Waals surface area contributed by atoms with Gasteiger partial charge in [-0.25, -0.2) is 0 Å². The molecular weight excluding hydrogens is 367 g/mol. The quantitative estimate of drug-likeness (QED) is 0.796. The number of methoxy groups -OCH3 is 2. The lowest BCUT2D eigenvalue weighted by atomic mass is 10.1. The number of halogens is 3. The third kappa shape index (κ3) is 3.83. The van der Waals surface area contributed by atoms with Gasteiger partial charge in [0.15, 0.2) is 17.1 Å². The van der Waals surface area contributed by atoms with E-state index in [2.05, 4.69) is 4.74 Å². The molecule has 0 unspecified atom stereocenters. The van der Waals surface area contributed by atoms with Gasteiger partial charge in [0, 0.05) is 24.0 Å². The monoisotopic (exact) mass is 387 g/mol. The lowest BCUT2D eigenvalue weighted by molar-refractivity contribution is -0.345. The predicted octanol–water partition coefficient (Wildman–Crippen LogP) is 3.90. The summed E-state index contributed by atoms with van der Waals surface area (Å²) in [7, 11) is 2.97. The van der Waals surface area contributed by atoms with Crippen molar-refractivity contribution in [3.8, 4) is 11.5 Å². The maximum atomic E-state index is 12.8. The van der Waals surface area contributed by atoms with E-state index in [4.69, 9.17) is 13.9 Å². The Bertz CT molecular complexity index is 838. The molecule has 3 rings (SSSR count). The SMILES string of the molecule is COc1ccc2c(C)c(C(=O)N3CCC(OC(F)(F)F)CC3)oc2c1OC. The van der Waals surface area contributed by atoms with Crippen molar-refractivity contribution in [1.29, 1.82) is 0 Å². The molecule has 0 aliphatic carbocycles. The smallest absolute Gasteiger partial charge is 0.493 e. The number of furan rings is 1. The number of nitrogens with zero attached hydrogens (tertiary/aromatic N) is 1. The van der Waals surface area contributed by atoms with Crippen LogP contribution < -0.4 is 9.47 Å². The van der Waals surface area contributed by atoms with Gasteiger partial charge in [0.25, 0.3) is 5.91 Å². The molecule has 0 radical (unpaired) electrons. The van der Waals surface area contributed by atoms with E-state index in [0.29, 0.717) is 28.0 Å². The minimum absolute atomic E-state index is 0.113. The van der Waals surface area contributed by atoms with E-state index in [1.807, 2.05) is 0 Å². The second-order valence-corrected chi connectivity index (χ2v) is 6.29. The second kappa shape index (κ2) is 7.30. The van der Waals surface area contributed by atoms with Crippen molar-refractivity contribution < 1.29 is 36.6 Å². The normalized spacial score (nSPS) is 16.0. The lowest BCUT2D eigenvalue weighted by Gasteiger charge is -2.31. The van der Waals surface area contributed by atoms with Gasteiger partial charge in [0.2, 0.25) is 5.75 Å². The fraction of sp³-hybridized carbons (Fsp3) is 0.500. The Kier molecular flexibility index (Phi) is 5.23. The summed E-state index contributed by atoms with van der Waals surface area (Å²) >= 11 is 0. The van der Waals surface area contributed by atoms with Crippen molar-refractivity contribution in [3.05, 3.63) is 23.5 Å². The topological polar surface area (TPSA) is 61.1 Å². The molecular formula is C18H20F3NO5. The molecule has 9 heteroatoms. The van der Waals surface area contributed by atoms with Crippen LogP contribution in [0.25, 0.3) is 11.0 Å². The third-order valence-corrected chi connectivity index (χ3v) is 4.67. The molecule has 2 aromatic rings. The van der Waals surface area contributed by atoms with Gasteiger partial charge < -0.3 is 18.8 Å². The minimum atomic E-state index is -4.66. The van der Waals surface area contributed by atoms with E-state index in [1.165, 1.54) is 19.1 Å². The largest absolute Gasteiger partial charge is 0.522 e. The zero-order valence-corrected chi connectivity index (χ0v) is 15.2. The Morgan fingerprint density at radius 3 is 2.41 bits per heavy atom. The summed E-state index contributed by atoms with van der Waals surface area (Å²) in [6.45, 7) is 2.08. The molecule has 1 aromatic carbocycles. The minimum Gasteiger partial charge on any atom is -0.493 e. The number of rotatable bonds is 4. The number of likely N-dealkylation sites (tertiary alicyclic amines) is 1. The van der Waals surface area contributed by atoms with Crippen molar-refractivity contribution in [1.82, 2.24) is 4.90 Å². The van der Waals surface area contributed by atoms with Crippen LogP contribution in [0.15, 0.2) is 16.5 Å². The molecule has 0 atom stereocenters. The second-order valence-electron chi connectivity index (χ2n) is 6.29. The summed E-state index contributed by atoms with van der Waals surface area (Å²) in [4.78, 5) is 14.3. The molecule has 1 aliphatic rings. The van der Waals surface area contributed by atoms with Gasteiger partial charge in [-0.15, -0.1) is 13.2 Å². The van der Waals surface area contributed by atoms with Crippen LogP contribution in [0.2, 0.25) is 0 Å². The summed E-state index contributed by atoms with van der Waals surface area (Å²) in [6, 6.07) is 3.49.